The first-order chi connectivity index (χ1) is 9.08. The Kier molecular flexibility index (Phi) is 4.17. The third-order valence-corrected chi connectivity index (χ3v) is 3.10. The van der Waals surface area contributed by atoms with Gasteiger partial charge in [-0.3, -0.25) is 4.98 Å². The Morgan fingerprint density at radius 1 is 1.26 bits per heavy atom. The van der Waals surface area contributed by atoms with Crippen LogP contribution in [0.4, 0.5) is 0 Å². The molecule has 1 atom stereocenters. The first-order valence-corrected chi connectivity index (χ1v) is 6.40. The second kappa shape index (κ2) is 5.85. The van der Waals surface area contributed by atoms with Gasteiger partial charge < -0.3 is 9.84 Å². The molecular formula is C16H19NO2. The lowest BCUT2D eigenvalue weighted by Gasteiger charge is -2.14. The van der Waals surface area contributed by atoms with Gasteiger partial charge in [0, 0.05) is 11.8 Å². The van der Waals surface area contributed by atoms with Gasteiger partial charge in [0.25, 0.3) is 0 Å². The van der Waals surface area contributed by atoms with Crippen LogP contribution in [0.5, 0.6) is 5.75 Å². The SMILES string of the molecule is Cc1ccc(OCc2ncccc2C)c([C@H](C)O)c1. The molecule has 2 aromatic rings. The summed E-state index contributed by atoms with van der Waals surface area (Å²) >= 11 is 0. The molecule has 0 aliphatic heterocycles. The number of ether oxygens (including phenoxy) is 1. The molecule has 100 valence electrons. The van der Waals surface area contributed by atoms with E-state index in [1.807, 2.05) is 44.2 Å². The molecule has 0 aliphatic carbocycles. The Morgan fingerprint density at radius 2 is 2.05 bits per heavy atom. The van der Waals surface area contributed by atoms with E-state index in [1.54, 1.807) is 13.1 Å². The van der Waals surface area contributed by atoms with Crippen molar-refractivity contribution in [2.24, 2.45) is 0 Å². The molecule has 1 N–H and O–H groups in total. The summed E-state index contributed by atoms with van der Waals surface area (Å²) in [6, 6.07) is 9.75. The molecule has 3 nitrogen and oxygen atoms in total. The number of aromatic nitrogens is 1. The van der Waals surface area contributed by atoms with Crippen molar-refractivity contribution in [1.82, 2.24) is 4.98 Å². The molecule has 1 aromatic carbocycles. The minimum Gasteiger partial charge on any atom is -0.487 e. The van der Waals surface area contributed by atoms with Crippen molar-refractivity contribution >= 4 is 0 Å². The zero-order valence-electron chi connectivity index (χ0n) is 11.6. The van der Waals surface area contributed by atoms with Crippen molar-refractivity contribution in [3.8, 4) is 5.75 Å². The van der Waals surface area contributed by atoms with Gasteiger partial charge >= 0.3 is 0 Å². The van der Waals surface area contributed by atoms with Crippen LogP contribution in [0.3, 0.4) is 0 Å². The van der Waals surface area contributed by atoms with Crippen LogP contribution < -0.4 is 4.74 Å². The second-order valence-electron chi connectivity index (χ2n) is 4.77. The zero-order valence-corrected chi connectivity index (χ0v) is 11.6. The van der Waals surface area contributed by atoms with E-state index in [0.29, 0.717) is 12.4 Å². The molecule has 1 aromatic heterocycles. The van der Waals surface area contributed by atoms with Crippen molar-refractivity contribution in [2.45, 2.75) is 33.5 Å². The highest BCUT2D eigenvalue weighted by atomic mass is 16.5. The van der Waals surface area contributed by atoms with E-state index < -0.39 is 6.10 Å². The van der Waals surface area contributed by atoms with Crippen molar-refractivity contribution in [3.05, 3.63) is 58.9 Å². The molecule has 0 saturated carbocycles. The Labute approximate surface area is 113 Å². The second-order valence-corrected chi connectivity index (χ2v) is 4.77. The minimum atomic E-state index is -0.542. The lowest BCUT2D eigenvalue weighted by atomic mass is 10.1. The maximum Gasteiger partial charge on any atom is 0.130 e. The van der Waals surface area contributed by atoms with E-state index in [0.717, 1.165) is 22.4 Å². The summed E-state index contributed by atoms with van der Waals surface area (Å²) in [5, 5.41) is 9.79. The number of hydrogen-bond donors (Lipinski definition) is 1. The molecule has 2 rings (SSSR count). The summed E-state index contributed by atoms with van der Waals surface area (Å²) in [5.41, 5.74) is 3.94. The molecule has 1 heterocycles. The first kappa shape index (κ1) is 13.6. The summed E-state index contributed by atoms with van der Waals surface area (Å²) < 4.78 is 5.80. The number of nitrogens with zero attached hydrogens (tertiary/aromatic N) is 1. The van der Waals surface area contributed by atoms with Crippen molar-refractivity contribution < 1.29 is 9.84 Å². The number of benzene rings is 1. The van der Waals surface area contributed by atoms with E-state index in [-0.39, 0.29) is 0 Å². The van der Waals surface area contributed by atoms with Gasteiger partial charge in [0.05, 0.1) is 11.8 Å². The Hall–Kier alpha value is -1.87. The molecule has 3 heteroatoms. The number of rotatable bonds is 4. The lowest BCUT2D eigenvalue weighted by molar-refractivity contribution is 0.189. The maximum atomic E-state index is 9.79. The van der Waals surface area contributed by atoms with Gasteiger partial charge in [-0.25, -0.2) is 0 Å². The predicted octanol–water partition coefficient (Wildman–Crippen LogP) is 3.33. The highest BCUT2D eigenvalue weighted by molar-refractivity contribution is 5.38. The van der Waals surface area contributed by atoms with Gasteiger partial charge in [0.1, 0.15) is 12.4 Å². The Balaban J connectivity index is 2.18. The molecule has 0 amide bonds. The normalized spacial score (nSPS) is 12.2. The monoisotopic (exact) mass is 257 g/mol. The quantitative estimate of drug-likeness (QED) is 0.913. The Morgan fingerprint density at radius 3 is 2.74 bits per heavy atom. The summed E-state index contributed by atoms with van der Waals surface area (Å²) in [6.07, 6.45) is 1.22. The summed E-state index contributed by atoms with van der Waals surface area (Å²) in [5.74, 6) is 0.714. The van der Waals surface area contributed by atoms with Crippen LogP contribution in [0.1, 0.15) is 35.4 Å². The molecule has 0 spiro atoms. The molecule has 0 aliphatic rings. The zero-order chi connectivity index (χ0) is 13.8. The average Bonchev–Trinajstić information content (AvgIpc) is 2.38. The van der Waals surface area contributed by atoms with Gasteiger partial charge in [-0.15, -0.1) is 0 Å². The van der Waals surface area contributed by atoms with E-state index in [9.17, 15) is 5.11 Å². The van der Waals surface area contributed by atoms with Crippen LogP contribution in [-0.2, 0) is 6.61 Å². The number of pyridine rings is 1. The van der Waals surface area contributed by atoms with Crippen LogP contribution in [-0.4, -0.2) is 10.1 Å². The minimum absolute atomic E-state index is 0.412. The largest absolute Gasteiger partial charge is 0.487 e. The van der Waals surface area contributed by atoms with Gasteiger partial charge in [0.2, 0.25) is 0 Å². The predicted molar refractivity (Wildman–Crippen MR) is 75.1 cm³/mol. The van der Waals surface area contributed by atoms with Crippen LogP contribution in [0.15, 0.2) is 36.5 Å². The van der Waals surface area contributed by atoms with E-state index >= 15 is 0 Å². The van der Waals surface area contributed by atoms with E-state index in [2.05, 4.69) is 4.98 Å². The fourth-order valence-corrected chi connectivity index (χ4v) is 1.94. The van der Waals surface area contributed by atoms with E-state index in [1.165, 1.54) is 0 Å². The number of aliphatic hydroxyl groups excluding tert-OH is 1. The first-order valence-electron chi connectivity index (χ1n) is 6.40. The van der Waals surface area contributed by atoms with Crippen LogP contribution in [0, 0.1) is 13.8 Å². The number of hydrogen-bond acceptors (Lipinski definition) is 3. The van der Waals surface area contributed by atoms with Gasteiger partial charge in [0.15, 0.2) is 0 Å². The van der Waals surface area contributed by atoms with Crippen molar-refractivity contribution in [3.63, 3.8) is 0 Å². The molecule has 0 bridgehead atoms. The molecular weight excluding hydrogens is 238 g/mol. The molecule has 0 radical (unpaired) electrons. The molecule has 19 heavy (non-hydrogen) atoms. The van der Waals surface area contributed by atoms with Crippen LogP contribution in [0.2, 0.25) is 0 Å². The smallest absolute Gasteiger partial charge is 0.130 e. The maximum absolute atomic E-state index is 9.79. The standard InChI is InChI=1S/C16H19NO2/c1-11-6-7-16(14(9-11)13(3)18)19-10-15-12(2)5-4-8-17-15/h4-9,13,18H,10H2,1-3H3/t13-/m0/s1. The van der Waals surface area contributed by atoms with E-state index in [4.69, 9.17) is 4.74 Å². The fraction of sp³-hybridized carbons (Fsp3) is 0.312. The van der Waals surface area contributed by atoms with Crippen molar-refractivity contribution in [2.75, 3.05) is 0 Å². The topological polar surface area (TPSA) is 42.4 Å². The van der Waals surface area contributed by atoms with Gasteiger partial charge in [-0.1, -0.05) is 17.7 Å². The highest BCUT2D eigenvalue weighted by Crippen LogP contribution is 2.27. The van der Waals surface area contributed by atoms with Crippen molar-refractivity contribution in [1.29, 1.82) is 0 Å². The number of aryl methyl sites for hydroxylation is 2. The fourth-order valence-electron chi connectivity index (χ4n) is 1.94. The molecule has 0 fully saturated rings. The number of aliphatic hydroxyl groups is 1. The molecule has 0 unspecified atom stereocenters. The summed E-state index contributed by atoms with van der Waals surface area (Å²) in [7, 11) is 0. The highest BCUT2D eigenvalue weighted by Gasteiger charge is 2.10. The lowest BCUT2D eigenvalue weighted by Crippen LogP contribution is -2.04. The summed E-state index contributed by atoms with van der Waals surface area (Å²) in [6.45, 7) is 6.16. The van der Waals surface area contributed by atoms with Gasteiger partial charge in [-0.2, -0.15) is 0 Å². The van der Waals surface area contributed by atoms with Crippen LogP contribution >= 0.6 is 0 Å². The average molecular weight is 257 g/mol. The third-order valence-electron chi connectivity index (χ3n) is 3.10. The summed E-state index contributed by atoms with van der Waals surface area (Å²) in [4.78, 5) is 4.30. The molecule has 0 saturated heterocycles. The van der Waals surface area contributed by atoms with Crippen LogP contribution in [0.25, 0.3) is 0 Å². The Bertz CT molecular complexity index is 564. The third kappa shape index (κ3) is 3.32. The van der Waals surface area contributed by atoms with Gasteiger partial charge in [-0.05, 0) is 44.5 Å².